The molecule has 0 unspecified atom stereocenters. The van der Waals surface area contributed by atoms with E-state index < -0.39 is 0 Å². The van der Waals surface area contributed by atoms with Crippen molar-refractivity contribution >= 4 is 22.9 Å². The molecule has 6 heteroatoms. The Hall–Kier alpha value is -2.40. The molecular formula is C15H12ClN3O2. The highest BCUT2D eigenvalue weighted by Crippen LogP contribution is 2.39. The maximum absolute atomic E-state index is 6.23. The predicted octanol–water partition coefficient (Wildman–Crippen LogP) is 3.33. The summed E-state index contributed by atoms with van der Waals surface area (Å²) in [6, 6.07) is 9.52. The summed E-state index contributed by atoms with van der Waals surface area (Å²) in [5.41, 5.74) is 2.67. The Bertz CT molecular complexity index is 783. The van der Waals surface area contributed by atoms with Gasteiger partial charge in [0.15, 0.2) is 11.5 Å². The van der Waals surface area contributed by atoms with Crippen LogP contribution < -0.4 is 14.8 Å². The van der Waals surface area contributed by atoms with Gasteiger partial charge in [-0.25, -0.2) is 4.98 Å². The van der Waals surface area contributed by atoms with Gasteiger partial charge in [0, 0.05) is 24.5 Å². The normalized spacial score (nSPS) is 12.8. The zero-order chi connectivity index (χ0) is 14.2. The Balaban J connectivity index is 1.56. The molecule has 1 aliphatic rings. The lowest BCUT2D eigenvalue weighted by atomic mass is 10.2. The maximum Gasteiger partial charge on any atom is 0.231 e. The van der Waals surface area contributed by atoms with Crippen LogP contribution in [-0.2, 0) is 6.54 Å². The summed E-state index contributed by atoms with van der Waals surface area (Å²) in [7, 11) is 0. The van der Waals surface area contributed by atoms with Gasteiger partial charge in [-0.15, -0.1) is 0 Å². The second-order valence-electron chi connectivity index (χ2n) is 4.74. The summed E-state index contributed by atoms with van der Waals surface area (Å²) in [6.45, 7) is 0.822. The van der Waals surface area contributed by atoms with E-state index in [1.165, 1.54) is 0 Å². The van der Waals surface area contributed by atoms with Gasteiger partial charge in [0.25, 0.3) is 0 Å². The Kier molecular flexibility index (Phi) is 2.86. The smallest absolute Gasteiger partial charge is 0.231 e. The quantitative estimate of drug-likeness (QED) is 0.806. The minimum Gasteiger partial charge on any atom is -0.454 e. The number of aromatic nitrogens is 2. The molecule has 4 rings (SSSR count). The first-order valence-corrected chi connectivity index (χ1v) is 6.93. The lowest BCUT2D eigenvalue weighted by molar-refractivity contribution is 0.174. The van der Waals surface area contributed by atoms with Crippen LogP contribution in [0.2, 0.25) is 5.02 Å². The number of halogens is 1. The molecule has 3 aromatic rings. The molecule has 0 aliphatic carbocycles. The Morgan fingerprint density at radius 1 is 1.24 bits per heavy atom. The lowest BCUT2D eigenvalue weighted by Crippen LogP contribution is -2.00. The number of benzene rings is 1. The minimum atomic E-state index is 0.238. The first kappa shape index (κ1) is 12.3. The van der Waals surface area contributed by atoms with Crippen molar-refractivity contribution in [2.24, 2.45) is 0 Å². The highest BCUT2D eigenvalue weighted by Gasteiger charge is 2.16. The Morgan fingerprint density at radius 3 is 2.95 bits per heavy atom. The topological polar surface area (TPSA) is 47.8 Å². The summed E-state index contributed by atoms with van der Waals surface area (Å²) >= 11 is 6.23. The van der Waals surface area contributed by atoms with Gasteiger partial charge in [0.1, 0.15) is 5.65 Å². The van der Waals surface area contributed by atoms with E-state index in [1.807, 2.05) is 41.1 Å². The van der Waals surface area contributed by atoms with Crippen molar-refractivity contribution in [3.05, 3.63) is 53.4 Å². The molecule has 0 spiro atoms. The van der Waals surface area contributed by atoms with E-state index in [0.29, 0.717) is 23.1 Å². The third kappa shape index (κ3) is 2.25. The van der Waals surface area contributed by atoms with Crippen LogP contribution in [0.3, 0.4) is 0 Å². The fraction of sp³-hybridized carbons (Fsp3) is 0.133. The summed E-state index contributed by atoms with van der Waals surface area (Å²) in [4.78, 5) is 4.53. The van der Waals surface area contributed by atoms with Crippen LogP contribution in [0.1, 0.15) is 5.69 Å². The van der Waals surface area contributed by atoms with Crippen molar-refractivity contribution in [3.8, 4) is 11.5 Å². The van der Waals surface area contributed by atoms with E-state index in [1.54, 1.807) is 6.07 Å². The Labute approximate surface area is 126 Å². The van der Waals surface area contributed by atoms with Gasteiger partial charge in [0.2, 0.25) is 6.79 Å². The molecule has 3 heterocycles. The van der Waals surface area contributed by atoms with Gasteiger partial charge in [-0.3, -0.25) is 0 Å². The molecular weight excluding hydrogens is 290 g/mol. The van der Waals surface area contributed by atoms with Crippen molar-refractivity contribution in [2.75, 3.05) is 12.1 Å². The fourth-order valence-corrected chi connectivity index (χ4v) is 2.53. The van der Waals surface area contributed by atoms with Crippen LogP contribution in [0, 0.1) is 0 Å². The van der Waals surface area contributed by atoms with Crippen molar-refractivity contribution in [2.45, 2.75) is 6.54 Å². The number of anilines is 1. The van der Waals surface area contributed by atoms with Gasteiger partial charge in [0.05, 0.1) is 22.9 Å². The van der Waals surface area contributed by atoms with Gasteiger partial charge in [-0.05, 0) is 12.1 Å². The summed E-state index contributed by atoms with van der Waals surface area (Å²) in [6.07, 6.45) is 3.96. The third-order valence-corrected chi connectivity index (χ3v) is 3.65. The van der Waals surface area contributed by atoms with Crippen molar-refractivity contribution in [3.63, 3.8) is 0 Å². The van der Waals surface area contributed by atoms with E-state index >= 15 is 0 Å². The first-order chi connectivity index (χ1) is 10.3. The van der Waals surface area contributed by atoms with Crippen LogP contribution in [0.5, 0.6) is 11.5 Å². The van der Waals surface area contributed by atoms with Crippen molar-refractivity contribution < 1.29 is 9.47 Å². The monoisotopic (exact) mass is 301 g/mol. The zero-order valence-electron chi connectivity index (χ0n) is 11.0. The van der Waals surface area contributed by atoms with Crippen LogP contribution in [0.25, 0.3) is 5.65 Å². The molecule has 0 fully saturated rings. The third-order valence-electron chi connectivity index (χ3n) is 3.34. The molecule has 1 N–H and O–H groups in total. The van der Waals surface area contributed by atoms with Gasteiger partial charge in [-0.1, -0.05) is 17.7 Å². The predicted molar refractivity (Wildman–Crippen MR) is 80.1 cm³/mol. The van der Waals surface area contributed by atoms with Crippen molar-refractivity contribution in [1.82, 2.24) is 9.38 Å². The number of hydrogen-bond acceptors (Lipinski definition) is 4. The second-order valence-corrected chi connectivity index (χ2v) is 5.14. The zero-order valence-corrected chi connectivity index (χ0v) is 11.8. The average Bonchev–Trinajstić information content (AvgIpc) is 3.09. The number of hydrogen-bond donors (Lipinski definition) is 1. The number of nitrogens with zero attached hydrogens (tertiary/aromatic N) is 2. The fourth-order valence-electron chi connectivity index (χ4n) is 2.31. The minimum absolute atomic E-state index is 0.238. The van der Waals surface area contributed by atoms with E-state index in [4.69, 9.17) is 21.1 Å². The molecule has 1 aliphatic heterocycles. The first-order valence-electron chi connectivity index (χ1n) is 6.55. The van der Waals surface area contributed by atoms with Crippen LogP contribution in [0.15, 0.2) is 42.7 Å². The molecule has 2 aromatic heterocycles. The molecule has 5 nitrogen and oxygen atoms in total. The number of fused-ring (bicyclic) bond motifs is 2. The summed E-state index contributed by atoms with van der Waals surface area (Å²) in [5, 5.41) is 3.88. The van der Waals surface area contributed by atoms with Crippen LogP contribution in [0.4, 0.5) is 5.69 Å². The molecule has 0 bridgehead atoms. The standard InChI is InChI=1S/C15H12ClN3O2/c16-11-5-13-14(21-9-20-13)6-12(11)17-7-10-8-19-4-2-1-3-15(19)18-10/h1-6,8,17H,7,9H2. The molecule has 1 aromatic carbocycles. The molecule has 0 saturated carbocycles. The SMILES string of the molecule is Clc1cc2c(cc1NCc1cn3ccccc3n1)OCO2. The van der Waals surface area contributed by atoms with E-state index in [0.717, 1.165) is 17.0 Å². The number of pyridine rings is 1. The highest BCUT2D eigenvalue weighted by molar-refractivity contribution is 6.33. The number of nitrogens with one attached hydrogen (secondary N) is 1. The number of rotatable bonds is 3. The average molecular weight is 302 g/mol. The van der Waals surface area contributed by atoms with Gasteiger partial charge >= 0.3 is 0 Å². The van der Waals surface area contributed by atoms with Crippen molar-refractivity contribution in [1.29, 1.82) is 0 Å². The Morgan fingerprint density at radius 2 is 2.10 bits per heavy atom. The van der Waals surface area contributed by atoms with Crippen LogP contribution in [-0.4, -0.2) is 16.2 Å². The van der Waals surface area contributed by atoms with E-state index in [-0.39, 0.29) is 6.79 Å². The largest absolute Gasteiger partial charge is 0.454 e. The number of imidazole rings is 1. The molecule has 0 radical (unpaired) electrons. The summed E-state index contributed by atoms with van der Waals surface area (Å²) in [5.74, 6) is 1.38. The van der Waals surface area contributed by atoms with E-state index in [9.17, 15) is 0 Å². The molecule has 21 heavy (non-hydrogen) atoms. The molecule has 0 saturated heterocycles. The molecule has 0 amide bonds. The van der Waals surface area contributed by atoms with Crippen LogP contribution >= 0.6 is 11.6 Å². The van der Waals surface area contributed by atoms with Gasteiger partial charge in [-0.2, -0.15) is 0 Å². The van der Waals surface area contributed by atoms with Gasteiger partial charge < -0.3 is 19.2 Å². The lowest BCUT2D eigenvalue weighted by Gasteiger charge is -2.08. The maximum atomic E-state index is 6.23. The number of ether oxygens (including phenoxy) is 2. The summed E-state index contributed by atoms with van der Waals surface area (Å²) < 4.78 is 12.6. The molecule has 0 atom stereocenters. The highest BCUT2D eigenvalue weighted by atomic mass is 35.5. The molecule has 106 valence electrons. The van der Waals surface area contributed by atoms with E-state index in [2.05, 4.69) is 10.3 Å². The second kappa shape index (κ2) is 4.86.